The molecule has 0 bridgehead atoms. The highest BCUT2D eigenvalue weighted by molar-refractivity contribution is 6.35. The first kappa shape index (κ1) is 12.1. The van der Waals surface area contributed by atoms with Crippen molar-refractivity contribution < 1.29 is 0 Å². The summed E-state index contributed by atoms with van der Waals surface area (Å²) in [5.41, 5.74) is 7.79. The minimum Gasteiger partial charge on any atom is -0.380 e. The fourth-order valence-corrected chi connectivity index (χ4v) is 2.06. The Kier molecular flexibility index (Phi) is 2.93. The number of hydrogen-bond donors (Lipinski definition) is 3. The van der Waals surface area contributed by atoms with Crippen molar-refractivity contribution in [3.63, 3.8) is 0 Å². The molecule has 0 aliphatic heterocycles. The number of hydrogen-bond acceptors (Lipinski definition) is 4. The van der Waals surface area contributed by atoms with Crippen molar-refractivity contribution in [1.82, 2.24) is 15.2 Å². The molecule has 0 aliphatic rings. The van der Waals surface area contributed by atoms with Crippen LogP contribution < -0.4 is 11.1 Å². The molecular formula is C12H9Cl2N5. The van der Waals surface area contributed by atoms with Crippen LogP contribution in [0.5, 0.6) is 0 Å². The number of aromatic amines is 1. The predicted octanol–water partition coefficient (Wildman–Crippen LogP) is 3.59. The smallest absolute Gasteiger partial charge is 0.171 e. The Labute approximate surface area is 118 Å². The van der Waals surface area contributed by atoms with Crippen LogP contribution >= 0.6 is 23.2 Å². The summed E-state index contributed by atoms with van der Waals surface area (Å²) in [6.45, 7) is 0. The van der Waals surface area contributed by atoms with Gasteiger partial charge in [0.15, 0.2) is 5.82 Å². The summed E-state index contributed by atoms with van der Waals surface area (Å²) >= 11 is 12.0. The molecule has 0 fully saturated rings. The lowest BCUT2D eigenvalue weighted by Crippen LogP contribution is -1.95. The topological polar surface area (TPSA) is 79.6 Å². The Morgan fingerprint density at radius 1 is 1.16 bits per heavy atom. The Bertz CT molecular complexity index is 753. The van der Waals surface area contributed by atoms with E-state index in [-0.39, 0.29) is 0 Å². The molecule has 7 heteroatoms. The molecule has 1 aromatic carbocycles. The molecule has 0 saturated carbocycles. The summed E-state index contributed by atoms with van der Waals surface area (Å²) in [7, 11) is 0. The zero-order valence-electron chi connectivity index (χ0n) is 9.61. The SMILES string of the molecule is Nc1n[nH]c2ccc(Nc3cc(Cl)ccc3Cl)nc12. The molecule has 0 saturated heterocycles. The summed E-state index contributed by atoms with van der Waals surface area (Å²) in [6, 6.07) is 8.81. The maximum absolute atomic E-state index is 6.08. The highest BCUT2D eigenvalue weighted by Crippen LogP contribution is 2.28. The van der Waals surface area contributed by atoms with Gasteiger partial charge in [-0.1, -0.05) is 23.2 Å². The van der Waals surface area contributed by atoms with E-state index in [1.165, 1.54) is 0 Å². The molecule has 2 heterocycles. The van der Waals surface area contributed by atoms with E-state index in [0.29, 0.717) is 32.9 Å². The van der Waals surface area contributed by atoms with E-state index in [2.05, 4.69) is 20.5 Å². The molecule has 0 unspecified atom stereocenters. The van der Waals surface area contributed by atoms with Gasteiger partial charge >= 0.3 is 0 Å². The lowest BCUT2D eigenvalue weighted by atomic mass is 10.3. The third-order valence-electron chi connectivity index (χ3n) is 2.63. The van der Waals surface area contributed by atoms with Gasteiger partial charge in [-0.15, -0.1) is 0 Å². The van der Waals surface area contributed by atoms with Crippen LogP contribution in [0, 0.1) is 0 Å². The van der Waals surface area contributed by atoms with E-state index in [0.717, 1.165) is 5.52 Å². The molecule has 0 radical (unpaired) electrons. The normalized spacial score (nSPS) is 10.8. The molecule has 3 aromatic rings. The zero-order valence-corrected chi connectivity index (χ0v) is 11.1. The molecule has 5 nitrogen and oxygen atoms in total. The number of nitrogen functional groups attached to an aromatic ring is 1. The maximum atomic E-state index is 6.08. The molecular weight excluding hydrogens is 285 g/mol. The van der Waals surface area contributed by atoms with Crippen molar-refractivity contribution >= 4 is 51.6 Å². The van der Waals surface area contributed by atoms with E-state index >= 15 is 0 Å². The van der Waals surface area contributed by atoms with Gasteiger partial charge in [0.1, 0.15) is 11.3 Å². The number of H-pyrrole nitrogens is 1. The van der Waals surface area contributed by atoms with Crippen molar-refractivity contribution in [2.24, 2.45) is 0 Å². The highest BCUT2D eigenvalue weighted by atomic mass is 35.5. The number of anilines is 3. The van der Waals surface area contributed by atoms with Crippen molar-refractivity contribution in [1.29, 1.82) is 0 Å². The first-order valence-corrected chi connectivity index (χ1v) is 6.22. The van der Waals surface area contributed by atoms with Gasteiger partial charge in [0.2, 0.25) is 0 Å². The van der Waals surface area contributed by atoms with Crippen molar-refractivity contribution in [3.05, 3.63) is 40.4 Å². The van der Waals surface area contributed by atoms with Gasteiger partial charge in [-0.25, -0.2) is 4.98 Å². The lowest BCUT2D eigenvalue weighted by Gasteiger charge is -2.08. The van der Waals surface area contributed by atoms with Crippen LogP contribution in [0.25, 0.3) is 11.0 Å². The number of halogens is 2. The van der Waals surface area contributed by atoms with E-state index < -0.39 is 0 Å². The fraction of sp³-hybridized carbons (Fsp3) is 0. The number of benzene rings is 1. The van der Waals surface area contributed by atoms with Crippen molar-refractivity contribution in [2.75, 3.05) is 11.1 Å². The number of fused-ring (bicyclic) bond motifs is 1. The van der Waals surface area contributed by atoms with Crippen LogP contribution in [0.2, 0.25) is 10.0 Å². The van der Waals surface area contributed by atoms with Crippen LogP contribution in [-0.4, -0.2) is 15.2 Å². The average molecular weight is 294 g/mol. The number of nitrogens with zero attached hydrogens (tertiary/aromatic N) is 2. The molecule has 96 valence electrons. The molecule has 0 atom stereocenters. The van der Waals surface area contributed by atoms with Gasteiger partial charge in [-0.3, -0.25) is 5.10 Å². The average Bonchev–Trinajstić information content (AvgIpc) is 2.76. The van der Waals surface area contributed by atoms with E-state index in [4.69, 9.17) is 28.9 Å². The van der Waals surface area contributed by atoms with E-state index in [1.54, 1.807) is 24.3 Å². The monoisotopic (exact) mass is 293 g/mol. The summed E-state index contributed by atoms with van der Waals surface area (Å²) in [5.74, 6) is 0.973. The third kappa shape index (κ3) is 2.30. The second-order valence-electron chi connectivity index (χ2n) is 3.95. The summed E-state index contributed by atoms with van der Waals surface area (Å²) in [4.78, 5) is 4.37. The van der Waals surface area contributed by atoms with Gasteiger partial charge in [0.05, 0.1) is 16.2 Å². The zero-order chi connectivity index (χ0) is 13.4. The Hall–Kier alpha value is -1.98. The van der Waals surface area contributed by atoms with Crippen LogP contribution in [0.15, 0.2) is 30.3 Å². The number of nitrogens with two attached hydrogens (primary N) is 1. The lowest BCUT2D eigenvalue weighted by molar-refractivity contribution is 1.13. The van der Waals surface area contributed by atoms with Crippen LogP contribution in [0.3, 0.4) is 0 Å². The number of rotatable bonds is 2. The summed E-state index contributed by atoms with van der Waals surface area (Å²) in [6.07, 6.45) is 0. The van der Waals surface area contributed by atoms with E-state index in [9.17, 15) is 0 Å². The molecule has 4 N–H and O–H groups in total. The summed E-state index contributed by atoms with van der Waals surface area (Å²) in [5, 5.41) is 10.9. The molecule has 19 heavy (non-hydrogen) atoms. The second kappa shape index (κ2) is 4.60. The molecule has 3 rings (SSSR count). The molecule has 2 aromatic heterocycles. The number of aromatic nitrogens is 3. The van der Waals surface area contributed by atoms with Gasteiger partial charge < -0.3 is 11.1 Å². The molecule has 0 aliphatic carbocycles. The first-order chi connectivity index (χ1) is 9.13. The molecule has 0 amide bonds. The largest absolute Gasteiger partial charge is 0.380 e. The Morgan fingerprint density at radius 2 is 2.00 bits per heavy atom. The summed E-state index contributed by atoms with van der Waals surface area (Å²) < 4.78 is 0. The van der Waals surface area contributed by atoms with Crippen molar-refractivity contribution in [2.45, 2.75) is 0 Å². The quantitative estimate of drug-likeness (QED) is 0.674. The van der Waals surface area contributed by atoms with Gasteiger partial charge in [-0.05, 0) is 30.3 Å². The van der Waals surface area contributed by atoms with Crippen LogP contribution in [0.1, 0.15) is 0 Å². The van der Waals surface area contributed by atoms with Gasteiger partial charge in [0.25, 0.3) is 0 Å². The minimum absolute atomic E-state index is 0.357. The van der Waals surface area contributed by atoms with Gasteiger partial charge in [0, 0.05) is 5.02 Å². The second-order valence-corrected chi connectivity index (χ2v) is 4.79. The Balaban J connectivity index is 2.00. The maximum Gasteiger partial charge on any atom is 0.171 e. The number of pyridine rings is 1. The van der Waals surface area contributed by atoms with Crippen LogP contribution in [0.4, 0.5) is 17.3 Å². The predicted molar refractivity (Wildman–Crippen MR) is 78.0 cm³/mol. The van der Waals surface area contributed by atoms with E-state index in [1.807, 2.05) is 6.07 Å². The standard InChI is InChI=1S/C12H9Cl2N5/c13-6-1-2-7(14)9(5-6)16-10-4-3-8-11(17-10)12(15)19-18-8/h1-5H,(H,16,17)(H3,15,18,19). The minimum atomic E-state index is 0.357. The van der Waals surface area contributed by atoms with Gasteiger partial charge in [-0.2, -0.15) is 5.10 Å². The highest BCUT2D eigenvalue weighted by Gasteiger charge is 2.07. The molecule has 0 spiro atoms. The Morgan fingerprint density at radius 3 is 2.84 bits per heavy atom. The fourth-order valence-electron chi connectivity index (χ4n) is 1.72. The number of nitrogens with one attached hydrogen (secondary N) is 2. The first-order valence-electron chi connectivity index (χ1n) is 5.46. The van der Waals surface area contributed by atoms with Crippen molar-refractivity contribution in [3.8, 4) is 0 Å². The van der Waals surface area contributed by atoms with Crippen LogP contribution in [-0.2, 0) is 0 Å². The third-order valence-corrected chi connectivity index (χ3v) is 3.19.